The van der Waals surface area contributed by atoms with Gasteiger partial charge < -0.3 is 5.32 Å². The van der Waals surface area contributed by atoms with E-state index < -0.39 is 0 Å². The van der Waals surface area contributed by atoms with Gasteiger partial charge in [0.2, 0.25) is 0 Å². The summed E-state index contributed by atoms with van der Waals surface area (Å²) in [7, 11) is 0. The summed E-state index contributed by atoms with van der Waals surface area (Å²) in [5.41, 5.74) is 1.23. The van der Waals surface area contributed by atoms with Crippen LogP contribution in [-0.2, 0) is 6.42 Å². The van der Waals surface area contributed by atoms with Crippen LogP contribution in [0.5, 0.6) is 0 Å². The molecule has 21 heavy (non-hydrogen) atoms. The van der Waals surface area contributed by atoms with Crippen LogP contribution in [0.2, 0.25) is 10.0 Å². The summed E-state index contributed by atoms with van der Waals surface area (Å²) >= 11 is 11.9. The molecule has 1 heterocycles. The highest BCUT2D eigenvalue weighted by molar-refractivity contribution is 6.31. The second kappa shape index (κ2) is 6.29. The first-order valence-corrected chi connectivity index (χ1v) is 7.37. The van der Waals surface area contributed by atoms with Crippen LogP contribution in [-0.4, -0.2) is 16.7 Å². The number of hydrogen-bond acceptors (Lipinski definition) is 3. The van der Waals surface area contributed by atoms with Crippen molar-refractivity contribution in [2.45, 2.75) is 6.42 Å². The molecular weight excluding hydrogens is 305 g/mol. The zero-order chi connectivity index (χ0) is 14.7. The number of nitrogens with one attached hydrogen (secondary N) is 1. The summed E-state index contributed by atoms with van der Waals surface area (Å²) in [5, 5.41) is 14.9. The molecule has 1 N–H and O–H groups in total. The summed E-state index contributed by atoms with van der Waals surface area (Å²) in [6.45, 7) is 0.776. The van der Waals surface area contributed by atoms with Gasteiger partial charge in [-0.1, -0.05) is 35.3 Å². The van der Waals surface area contributed by atoms with Gasteiger partial charge in [-0.25, -0.2) is 0 Å². The minimum Gasteiger partial charge on any atom is -0.368 e. The Bertz CT molecular complexity index is 757. The van der Waals surface area contributed by atoms with E-state index in [9.17, 15) is 0 Å². The molecule has 0 aliphatic carbocycles. The van der Waals surface area contributed by atoms with Gasteiger partial charge in [-0.05, 0) is 42.3 Å². The molecule has 0 aliphatic rings. The predicted octanol–water partition coefficient (Wildman–Crippen LogP) is 4.59. The molecule has 0 atom stereocenters. The fourth-order valence-corrected chi connectivity index (χ4v) is 2.47. The maximum Gasteiger partial charge on any atom is 0.156 e. The molecule has 0 bridgehead atoms. The Morgan fingerprint density at radius 2 is 1.71 bits per heavy atom. The molecule has 0 saturated heterocycles. The number of rotatable bonds is 4. The fourth-order valence-electron chi connectivity index (χ4n) is 2.17. The van der Waals surface area contributed by atoms with E-state index in [4.69, 9.17) is 23.2 Å². The van der Waals surface area contributed by atoms with Crippen molar-refractivity contribution in [2.75, 3.05) is 11.9 Å². The highest BCUT2D eigenvalue weighted by Gasteiger charge is 2.03. The monoisotopic (exact) mass is 317 g/mol. The largest absolute Gasteiger partial charge is 0.368 e. The second-order valence-electron chi connectivity index (χ2n) is 4.73. The zero-order valence-corrected chi connectivity index (χ0v) is 12.7. The van der Waals surface area contributed by atoms with E-state index >= 15 is 0 Å². The molecule has 0 spiro atoms. The van der Waals surface area contributed by atoms with Gasteiger partial charge in [0, 0.05) is 27.4 Å². The maximum atomic E-state index is 5.99. The molecule has 5 heteroatoms. The van der Waals surface area contributed by atoms with Crippen LogP contribution in [0.3, 0.4) is 0 Å². The first-order valence-electron chi connectivity index (χ1n) is 6.61. The first kappa shape index (κ1) is 14.1. The van der Waals surface area contributed by atoms with Crippen molar-refractivity contribution in [1.82, 2.24) is 10.2 Å². The van der Waals surface area contributed by atoms with Crippen molar-refractivity contribution < 1.29 is 0 Å². The molecule has 3 aromatic rings. The quantitative estimate of drug-likeness (QED) is 0.764. The van der Waals surface area contributed by atoms with E-state index in [1.807, 2.05) is 42.5 Å². The molecule has 3 nitrogen and oxygen atoms in total. The van der Waals surface area contributed by atoms with Crippen LogP contribution >= 0.6 is 23.2 Å². The molecular formula is C16H13Cl2N3. The Balaban J connectivity index is 1.72. The fraction of sp³-hybridized carbons (Fsp3) is 0.125. The van der Waals surface area contributed by atoms with Crippen LogP contribution in [0.1, 0.15) is 5.56 Å². The molecule has 0 amide bonds. The highest BCUT2D eigenvalue weighted by Crippen LogP contribution is 2.23. The number of hydrogen-bond donors (Lipinski definition) is 1. The van der Waals surface area contributed by atoms with Crippen LogP contribution in [0.15, 0.2) is 48.7 Å². The Morgan fingerprint density at radius 3 is 2.52 bits per heavy atom. The Labute approximate surface area is 132 Å². The van der Waals surface area contributed by atoms with Crippen molar-refractivity contribution in [3.63, 3.8) is 0 Å². The lowest BCUT2D eigenvalue weighted by Gasteiger charge is -2.08. The minimum absolute atomic E-state index is 0.697. The third-order valence-electron chi connectivity index (χ3n) is 3.24. The molecule has 0 fully saturated rings. The predicted molar refractivity (Wildman–Crippen MR) is 88.2 cm³/mol. The molecule has 0 unspecified atom stereocenters. The van der Waals surface area contributed by atoms with Crippen molar-refractivity contribution in [1.29, 1.82) is 0 Å². The van der Waals surface area contributed by atoms with E-state index in [0.717, 1.165) is 34.6 Å². The second-order valence-corrected chi connectivity index (χ2v) is 5.60. The van der Waals surface area contributed by atoms with Gasteiger partial charge in [-0.2, -0.15) is 5.10 Å². The lowest BCUT2D eigenvalue weighted by molar-refractivity contribution is 0.977. The highest BCUT2D eigenvalue weighted by atomic mass is 35.5. The third-order valence-corrected chi connectivity index (χ3v) is 3.73. The van der Waals surface area contributed by atoms with Gasteiger partial charge in [-0.3, -0.25) is 0 Å². The van der Waals surface area contributed by atoms with Gasteiger partial charge in [0.1, 0.15) is 0 Å². The van der Waals surface area contributed by atoms with Crippen LogP contribution in [0.25, 0.3) is 10.8 Å². The number of halogens is 2. The molecule has 1 aromatic heterocycles. The summed E-state index contributed by atoms with van der Waals surface area (Å²) in [6, 6.07) is 13.5. The average Bonchev–Trinajstić information content (AvgIpc) is 2.49. The van der Waals surface area contributed by atoms with Gasteiger partial charge >= 0.3 is 0 Å². The van der Waals surface area contributed by atoms with E-state index in [2.05, 4.69) is 15.5 Å². The molecule has 106 valence electrons. The van der Waals surface area contributed by atoms with Crippen LogP contribution in [0, 0.1) is 0 Å². The Morgan fingerprint density at radius 1 is 0.952 bits per heavy atom. The van der Waals surface area contributed by atoms with E-state index in [1.165, 1.54) is 5.56 Å². The summed E-state index contributed by atoms with van der Waals surface area (Å²) in [6.07, 6.45) is 2.61. The lowest BCUT2D eigenvalue weighted by atomic mass is 10.1. The standard InChI is InChI=1S/C16H13Cl2N3/c17-13-3-1-11(2-4-13)7-8-19-16-15-6-5-14(18)9-12(15)10-20-21-16/h1-6,9-10H,7-8H2,(H,19,21). The van der Waals surface area contributed by atoms with Gasteiger partial charge in [0.25, 0.3) is 0 Å². The van der Waals surface area contributed by atoms with Crippen molar-refractivity contribution in [3.05, 3.63) is 64.3 Å². The lowest BCUT2D eigenvalue weighted by Crippen LogP contribution is -2.07. The van der Waals surface area contributed by atoms with Crippen molar-refractivity contribution >= 4 is 39.8 Å². The number of nitrogens with zero attached hydrogens (tertiary/aromatic N) is 2. The Hall–Kier alpha value is -1.84. The molecule has 0 saturated carbocycles. The normalized spacial score (nSPS) is 10.8. The SMILES string of the molecule is Clc1ccc(CCNc2nncc3cc(Cl)ccc23)cc1. The van der Waals surface area contributed by atoms with Gasteiger partial charge in [0.05, 0.1) is 6.20 Å². The zero-order valence-electron chi connectivity index (χ0n) is 11.2. The average molecular weight is 318 g/mol. The van der Waals surface area contributed by atoms with Gasteiger partial charge in [-0.15, -0.1) is 5.10 Å². The number of fused-ring (bicyclic) bond motifs is 1. The van der Waals surface area contributed by atoms with Crippen molar-refractivity contribution in [3.8, 4) is 0 Å². The van der Waals surface area contributed by atoms with Crippen LogP contribution in [0.4, 0.5) is 5.82 Å². The van der Waals surface area contributed by atoms with Gasteiger partial charge in [0.15, 0.2) is 5.82 Å². The molecule has 2 aromatic carbocycles. The molecule has 0 radical (unpaired) electrons. The third kappa shape index (κ3) is 3.43. The minimum atomic E-state index is 0.697. The summed E-state index contributed by atoms with van der Waals surface area (Å²) in [4.78, 5) is 0. The van der Waals surface area contributed by atoms with Crippen molar-refractivity contribution in [2.24, 2.45) is 0 Å². The van der Waals surface area contributed by atoms with E-state index in [1.54, 1.807) is 6.20 Å². The van der Waals surface area contributed by atoms with E-state index in [-0.39, 0.29) is 0 Å². The first-order chi connectivity index (χ1) is 10.2. The topological polar surface area (TPSA) is 37.8 Å². The van der Waals surface area contributed by atoms with Crippen LogP contribution < -0.4 is 5.32 Å². The molecule has 3 rings (SSSR count). The smallest absolute Gasteiger partial charge is 0.156 e. The number of aromatic nitrogens is 2. The summed E-state index contributed by atoms with van der Waals surface area (Å²) < 4.78 is 0. The maximum absolute atomic E-state index is 5.99. The number of benzene rings is 2. The molecule has 0 aliphatic heterocycles. The summed E-state index contributed by atoms with van der Waals surface area (Å²) in [5.74, 6) is 0.776. The van der Waals surface area contributed by atoms with E-state index in [0.29, 0.717) is 5.02 Å². The number of anilines is 1. The Kier molecular flexibility index (Phi) is 4.23.